The molecule has 13 heavy (non-hydrogen) atoms. The van der Waals surface area contributed by atoms with Crippen LogP contribution in [-0.2, 0) is 0 Å². The van der Waals surface area contributed by atoms with Crippen molar-refractivity contribution in [1.82, 2.24) is 9.97 Å². The predicted molar refractivity (Wildman–Crippen MR) is 53.8 cm³/mol. The Morgan fingerprint density at radius 3 is 3.00 bits per heavy atom. The Balaban J connectivity index is 2.76. The molecule has 3 heteroatoms. The molecule has 0 saturated heterocycles. The molecule has 1 aromatic heterocycles. The minimum atomic E-state index is -0.00491. The monoisotopic (exact) mass is 192 g/mol. The van der Waals surface area contributed by atoms with Gasteiger partial charge in [0.05, 0.1) is 10.9 Å². The summed E-state index contributed by atoms with van der Waals surface area (Å²) in [6, 6.07) is 5.92. The second kappa shape index (κ2) is 3.30. The number of fused-ring (bicyclic) bond motifs is 1. The number of rotatable bonds is 1. The molecule has 0 aliphatic carbocycles. The molecule has 0 aliphatic rings. The van der Waals surface area contributed by atoms with E-state index < -0.39 is 0 Å². The largest absolute Gasteiger partial charge is 0.244 e. The number of benzene rings is 1. The summed E-state index contributed by atoms with van der Waals surface area (Å²) in [4.78, 5) is 8.14. The van der Waals surface area contributed by atoms with Gasteiger partial charge in [0.1, 0.15) is 6.33 Å². The zero-order valence-electron chi connectivity index (χ0n) is 7.24. The lowest BCUT2D eigenvalue weighted by Crippen LogP contribution is -1.89. The first-order valence-corrected chi connectivity index (χ1v) is 4.55. The van der Waals surface area contributed by atoms with Gasteiger partial charge in [0.25, 0.3) is 0 Å². The van der Waals surface area contributed by atoms with Crippen molar-refractivity contribution in [2.24, 2.45) is 0 Å². The number of alkyl halides is 1. The highest BCUT2D eigenvalue weighted by Crippen LogP contribution is 2.25. The fraction of sp³-hybridized carbons (Fsp3) is 0.200. The van der Waals surface area contributed by atoms with E-state index in [1.165, 1.54) is 0 Å². The van der Waals surface area contributed by atoms with Gasteiger partial charge in [-0.3, -0.25) is 0 Å². The minimum absolute atomic E-state index is 0.00491. The van der Waals surface area contributed by atoms with Crippen molar-refractivity contribution in [2.45, 2.75) is 12.3 Å². The SMILES string of the molecule is CC(Cl)c1cccc2ncncc12. The summed E-state index contributed by atoms with van der Waals surface area (Å²) in [5, 5.41) is 1.03. The fourth-order valence-electron chi connectivity index (χ4n) is 1.37. The van der Waals surface area contributed by atoms with Crippen molar-refractivity contribution in [3.8, 4) is 0 Å². The third-order valence-electron chi connectivity index (χ3n) is 2.01. The highest BCUT2D eigenvalue weighted by Gasteiger charge is 2.05. The second-order valence-electron chi connectivity index (χ2n) is 2.92. The van der Waals surface area contributed by atoms with Gasteiger partial charge in [0.2, 0.25) is 0 Å². The molecule has 1 heterocycles. The number of hydrogen-bond acceptors (Lipinski definition) is 2. The zero-order chi connectivity index (χ0) is 9.26. The van der Waals surface area contributed by atoms with Gasteiger partial charge in [-0.25, -0.2) is 9.97 Å². The van der Waals surface area contributed by atoms with E-state index in [2.05, 4.69) is 9.97 Å². The molecule has 0 amide bonds. The lowest BCUT2D eigenvalue weighted by molar-refractivity contribution is 1.09. The van der Waals surface area contributed by atoms with E-state index in [1.54, 1.807) is 12.5 Å². The van der Waals surface area contributed by atoms with Crippen LogP contribution in [-0.4, -0.2) is 9.97 Å². The van der Waals surface area contributed by atoms with Crippen molar-refractivity contribution in [3.63, 3.8) is 0 Å². The van der Waals surface area contributed by atoms with E-state index in [0.717, 1.165) is 16.5 Å². The Bertz CT molecular complexity index is 421. The molecule has 1 unspecified atom stereocenters. The maximum atomic E-state index is 6.03. The molecule has 0 N–H and O–H groups in total. The summed E-state index contributed by atoms with van der Waals surface area (Å²) in [6.07, 6.45) is 3.35. The third kappa shape index (κ3) is 1.49. The van der Waals surface area contributed by atoms with Gasteiger partial charge >= 0.3 is 0 Å². The molecule has 1 atom stereocenters. The van der Waals surface area contributed by atoms with Gasteiger partial charge in [0, 0.05) is 11.6 Å². The van der Waals surface area contributed by atoms with Gasteiger partial charge in [-0.05, 0) is 18.6 Å². The van der Waals surface area contributed by atoms with Gasteiger partial charge in [-0.2, -0.15) is 0 Å². The van der Waals surface area contributed by atoms with Crippen LogP contribution in [0.3, 0.4) is 0 Å². The molecule has 0 fully saturated rings. The van der Waals surface area contributed by atoms with Crippen LogP contribution >= 0.6 is 11.6 Å². The molecule has 0 aliphatic heterocycles. The van der Waals surface area contributed by atoms with Crippen molar-refractivity contribution in [3.05, 3.63) is 36.3 Å². The number of nitrogens with zero attached hydrogens (tertiary/aromatic N) is 2. The van der Waals surface area contributed by atoms with Gasteiger partial charge in [-0.1, -0.05) is 12.1 Å². The summed E-state index contributed by atoms with van der Waals surface area (Å²) >= 11 is 6.03. The highest BCUT2D eigenvalue weighted by molar-refractivity contribution is 6.21. The summed E-state index contributed by atoms with van der Waals surface area (Å²) in [7, 11) is 0. The maximum Gasteiger partial charge on any atom is 0.116 e. The summed E-state index contributed by atoms with van der Waals surface area (Å²) < 4.78 is 0. The molecule has 0 radical (unpaired) electrons. The topological polar surface area (TPSA) is 25.8 Å². The van der Waals surface area contributed by atoms with E-state index in [-0.39, 0.29) is 5.38 Å². The van der Waals surface area contributed by atoms with Gasteiger partial charge in [0.15, 0.2) is 0 Å². The summed E-state index contributed by atoms with van der Waals surface area (Å²) in [5.41, 5.74) is 2.03. The quantitative estimate of drug-likeness (QED) is 0.650. The molecule has 0 saturated carbocycles. The first kappa shape index (κ1) is 8.45. The van der Waals surface area contributed by atoms with Crippen molar-refractivity contribution in [2.75, 3.05) is 0 Å². The molecule has 0 bridgehead atoms. The van der Waals surface area contributed by atoms with E-state index >= 15 is 0 Å². The third-order valence-corrected chi connectivity index (χ3v) is 2.25. The predicted octanol–water partition coefficient (Wildman–Crippen LogP) is 2.93. The lowest BCUT2D eigenvalue weighted by atomic mass is 10.1. The summed E-state index contributed by atoms with van der Waals surface area (Å²) in [6.45, 7) is 1.95. The number of hydrogen-bond donors (Lipinski definition) is 0. The van der Waals surface area contributed by atoms with Crippen LogP contribution in [0.2, 0.25) is 0 Å². The van der Waals surface area contributed by atoms with Crippen LogP contribution in [0.25, 0.3) is 10.9 Å². The minimum Gasteiger partial charge on any atom is -0.244 e. The van der Waals surface area contributed by atoms with Crippen LogP contribution in [0, 0.1) is 0 Å². The van der Waals surface area contributed by atoms with Crippen LogP contribution < -0.4 is 0 Å². The van der Waals surface area contributed by atoms with Gasteiger partial charge < -0.3 is 0 Å². The van der Waals surface area contributed by atoms with Crippen LogP contribution in [0.5, 0.6) is 0 Å². The molecule has 2 nitrogen and oxygen atoms in total. The molecule has 1 aromatic carbocycles. The molecular weight excluding hydrogens is 184 g/mol. The first-order valence-electron chi connectivity index (χ1n) is 4.12. The Hall–Kier alpha value is -1.15. The van der Waals surface area contributed by atoms with Crippen LogP contribution in [0.4, 0.5) is 0 Å². The highest BCUT2D eigenvalue weighted by atomic mass is 35.5. The van der Waals surface area contributed by atoms with E-state index in [9.17, 15) is 0 Å². The van der Waals surface area contributed by atoms with Crippen LogP contribution in [0.15, 0.2) is 30.7 Å². The normalized spacial score (nSPS) is 13.1. The smallest absolute Gasteiger partial charge is 0.116 e. The molecule has 2 rings (SSSR count). The standard InChI is InChI=1S/C10H9ClN2/c1-7(11)8-3-2-4-10-9(8)5-12-6-13-10/h2-7H,1H3. The Kier molecular flexibility index (Phi) is 2.15. The second-order valence-corrected chi connectivity index (χ2v) is 3.57. The van der Waals surface area contributed by atoms with E-state index in [1.807, 2.05) is 25.1 Å². The Labute approximate surface area is 81.6 Å². The molecular formula is C10H9ClN2. The molecule has 0 spiro atoms. The Morgan fingerprint density at radius 2 is 2.23 bits per heavy atom. The number of aromatic nitrogens is 2. The summed E-state index contributed by atoms with van der Waals surface area (Å²) in [5.74, 6) is 0. The zero-order valence-corrected chi connectivity index (χ0v) is 7.99. The Morgan fingerprint density at radius 1 is 1.38 bits per heavy atom. The molecule has 2 aromatic rings. The average molecular weight is 193 g/mol. The maximum absolute atomic E-state index is 6.03. The average Bonchev–Trinajstić information content (AvgIpc) is 2.17. The number of halogens is 1. The van der Waals surface area contributed by atoms with E-state index in [4.69, 9.17) is 11.6 Å². The van der Waals surface area contributed by atoms with Crippen molar-refractivity contribution in [1.29, 1.82) is 0 Å². The van der Waals surface area contributed by atoms with Crippen molar-refractivity contribution >= 4 is 22.5 Å². The van der Waals surface area contributed by atoms with E-state index in [0.29, 0.717) is 0 Å². The van der Waals surface area contributed by atoms with Crippen LogP contribution in [0.1, 0.15) is 17.9 Å². The first-order chi connectivity index (χ1) is 6.29. The lowest BCUT2D eigenvalue weighted by Gasteiger charge is -2.06. The van der Waals surface area contributed by atoms with Gasteiger partial charge in [-0.15, -0.1) is 11.6 Å². The molecule has 66 valence electrons. The van der Waals surface area contributed by atoms with Crippen molar-refractivity contribution < 1.29 is 0 Å². The fourth-order valence-corrected chi connectivity index (χ4v) is 1.56.